The van der Waals surface area contributed by atoms with Gasteiger partial charge in [-0.15, -0.1) is 0 Å². The Hall–Kier alpha value is -3.14. The maximum absolute atomic E-state index is 12.6. The van der Waals surface area contributed by atoms with Crippen molar-refractivity contribution in [2.75, 3.05) is 0 Å². The van der Waals surface area contributed by atoms with Gasteiger partial charge in [-0.05, 0) is 23.6 Å². The third-order valence-electron chi connectivity index (χ3n) is 4.16. The summed E-state index contributed by atoms with van der Waals surface area (Å²) in [7, 11) is 1.66. The first kappa shape index (κ1) is 16.7. The Morgan fingerprint density at radius 1 is 1.00 bits per heavy atom. The molecule has 3 aromatic rings. The number of pyridine rings is 1. The molecule has 1 N–H and O–H groups in total. The Bertz CT molecular complexity index is 902. The number of amides is 1. The number of nitrogens with zero attached hydrogens (tertiary/aromatic N) is 1. The maximum atomic E-state index is 12.6. The van der Waals surface area contributed by atoms with Crippen molar-refractivity contribution in [1.82, 2.24) is 9.88 Å². The van der Waals surface area contributed by atoms with E-state index >= 15 is 0 Å². The lowest BCUT2D eigenvalue weighted by Gasteiger charge is -2.19. The zero-order valence-electron chi connectivity index (χ0n) is 14.1. The van der Waals surface area contributed by atoms with Crippen molar-refractivity contribution >= 4 is 5.91 Å². The molecule has 0 spiro atoms. The SMILES string of the molecule is Cn1ccc(C(=O)N[C@@H](Cc2ccccc2)c2ccccc2)cc1=O. The summed E-state index contributed by atoms with van der Waals surface area (Å²) in [6.07, 6.45) is 2.29. The monoisotopic (exact) mass is 332 g/mol. The molecule has 1 heterocycles. The highest BCUT2D eigenvalue weighted by atomic mass is 16.2. The molecular formula is C21H20N2O2. The maximum Gasteiger partial charge on any atom is 0.252 e. The Kier molecular flexibility index (Phi) is 5.09. The third kappa shape index (κ3) is 4.23. The second kappa shape index (κ2) is 7.62. The van der Waals surface area contributed by atoms with Crippen LogP contribution in [-0.2, 0) is 13.5 Å². The fourth-order valence-corrected chi connectivity index (χ4v) is 2.72. The largest absolute Gasteiger partial charge is 0.345 e. The highest BCUT2D eigenvalue weighted by Gasteiger charge is 2.16. The van der Waals surface area contributed by atoms with Gasteiger partial charge in [0.2, 0.25) is 0 Å². The van der Waals surface area contributed by atoms with Crippen molar-refractivity contribution in [2.45, 2.75) is 12.5 Å². The van der Waals surface area contributed by atoms with Gasteiger partial charge in [-0.1, -0.05) is 60.7 Å². The number of carbonyl (C=O) groups excluding carboxylic acids is 1. The van der Waals surface area contributed by atoms with E-state index in [1.165, 1.54) is 10.6 Å². The number of carbonyl (C=O) groups is 1. The Morgan fingerprint density at radius 2 is 1.64 bits per heavy atom. The van der Waals surface area contributed by atoms with Crippen molar-refractivity contribution < 1.29 is 4.79 Å². The van der Waals surface area contributed by atoms with E-state index in [9.17, 15) is 9.59 Å². The van der Waals surface area contributed by atoms with Crippen LogP contribution in [0, 0.1) is 0 Å². The van der Waals surface area contributed by atoms with E-state index in [0.717, 1.165) is 11.1 Å². The van der Waals surface area contributed by atoms with Crippen molar-refractivity contribution in [2.24, 2.45) is 7.05 Å². The van der Waals surface area contributed by atoms with Gasteiger partial charge in [-0.2, -0.15) is 0 Å². The summed E-state index contributed by atoms with van der Waals surface area (Å²) in [6, 6.07) is 22.7. The zero-order valence-corrected chi connectivity index (χ0v) is 14.1. The van der Waals surface area contributed by atoms with Crippen LogP contribution in [0.15, 0.2) is 83.8 Å². The second-order valence-electron chi connectivity index (χ2n) is 5.99. The van der Waals surface area contributed by atoms with Gasteiger partial charge in [0.1, 0.15) is 0 Å². The lowest BCUT2D eigenvalue weighted by molar-refractivity contribution is 0.0936. The smallest absolute Gasteiger partial charge is 0.252 e. The fraction of sp³-hybridized carbons (Fsp3) is 0.143. The number of rotatable bonds is 5. The highest BCUT2D eigenvalue weighted by Crippen LogP contribution is 2.19. The summed E-state index contributed by atoms with van der Waals surface area (Å²) in [4.78, 5) is 24.4. The molecule has 0 fully saturated rings. The van der Waals surface area contributed by atoms with Gasteiger partial charge in [0.05, 0.1) is 6.04 Å². The van der Waals surface area contributed by atoms with E-state index in [1.807, 2.05) is 60.7 Å². The lowest BCUT2D eigenvalue weighted by Crippen LogP contribution is -2.31. The summed E-state index contributed by atoms with van der Waals surface area (Å²) < 4.78 is 1.44. The van der Waals surface area contributed by atoms with Crippen LogP contribution in [0.3, 0.4) is 0 Å². The van der Waals surface area contributed by atoms with Gasteiger partial charge in [0, 0.05) is 24.9 Å². The van der Waals surface area contributed by atoms with Gasteiger partial charge < -0.3 is 9.88 Å². The van der Waals surface area contributed by atoms with E-state index in [4.69, 9.17) is 0 Å². The standard InChI is InChI=1S/C21H20N2O2/c1-23-13-12-18(15-20(23)24)21(25)22-19(17-10-6-3-7-11-17)14-16-8-4-2-5-9-16/h2-13,15,19H,14H2,1H3,(H,22,25)/t19-/m0/s1. The molecule has 1 atom stereocenters. The Balaban J connectivity index is 1.85. The first-order valence-corrected chi connectivity index (χ1v) is 8.20. The number of hydrogen-bond acceptors (Lipinski definition) is 2. The number of aryl methyl sites for hydroxylation is 1. The van der Waals surface area contributed by atoms with Crippen LogP contribution >= 0.6 is 0 Å². The quantitative estimate of drug-likeness (QED) is 0.780. The predicted molar refractivity (Wildman–Crippen MR) is 98.5 cm³/mol. The molecular weight excluding hydrogens is 312 g/mol. The highest BCUT2D eigenvalue weighted by molar-refractivity contribution is 5.94. The molecule has 0 saturated carbocycles. The van der Waals surface area contributed by atoms with Gasteiger partial charge in [-0.25, -0.2) is 0 Å². The van der Waals surface area contributed by atoms with Gasteiger partial charge in [0.25, 0.3) is 11.5 Å². The summed E-state index contributed by atoms with van der Waals surface area (Å²) in [5, 5.41) is 3.06. The second-order valence-corrected chi connectivity index (χ2v) is 5.99. The van der Waals surface area contributed by atoms with E-state index < -0.39 is 0 Å². The van der Waals surface area contributed by atoms with Crippen molar-refractivity contribution in [3.05, 3.63) is 106 Å². The molecule has 0 unspecified atom stereocenters. The van der Waals surface area contributed by atoms with Crippen LogP contribution in [0.25, 0.3) is 0 Å². The van der Waals surface area contributed by atoms with E-state index in [-0.39, 0.29) is 17.5 Å². The molecule has 126 valence electrons. The molecule has 0 aliphatic heterocycles. The van der Waals surface area contributed by atoms with Crippen LogP contribution in [0.1, 0.15) is 27.5 Å². The third-order valence-corrected chi connectivity index (χ3v) is 4.16. The average molecular weight is 332 g/mol. The normalized spacial score (nSPS) is 11.7. The molecule has 2 aromatic carbocycles. The van der Waals surface area contributed by atoms with Gasteiger partial charge in [-0.3, -0.25) is 9.59 Å². The number of benzene rings is 2. The fourth-order valence-electron chi connectivity index (χ4n) is 2.72. The van der Waals surface area contributed by atoms with Gasteiger partial charge >= 0.3 is 0 Å². The first-order chi connectivity index (χ1) is 12.1. The summed E-state index contributed by atoms with van der Waals surface area (Å²) in [6.45, 7) is 0. The molecule has 0 aliphatic rings. The molecule has 0 saturated heterocycles. The van der Waals surface area contributed by atoms with Crippen molar-refractivity contribution in [3.8, 4) is 0 Å². The Labute approximate surface area is 146 Å². The minimum Gasteiger partial charge on any atom is -0.345 e. The Morgan fingerprint density at radius 3 is 2.28 bits per heavy atom. The zero-order chi connectivity index (χ0) is 17.6. The molecule has 4 heteroatoms. The number of hydrogen-bond donors (Lipinski definition) is 1. The van der Waals surface area contributed by atoms with Crippen molar-refractivity contribution in [3.63, 3.8) is 0 Å². The van der Waals surface area contributed by atoms with E-state index in [0.29, 0.717) is 12.0 Å². The summed E-state index contributed by atoms with van der Waals surface area (Å²) >= 11 is 0. The molecule has 1 aromatic heterocycles. The van der Waals surface area contributed by atoms with Crippen LogP contribution in [0.5, 0.6) is 0 Å². The van der Waals surface area contributed by atoms with Crippen LogP contribution < -0.4 is 10.9 Å². The topological polar surface area (TPSA) is 51.1 Å². The molecule has 0 radical (unpaired) electrons. The van der Waals surface area contributed by atoms with Crippen LogP contribution in [-0.4, -0.2) is 10.5 Å². The average Bonchev–Trinajstić information content (AvgIpc) is 2.65. The molecule has 3 rings (SSSR count). The first-order valence-electron chi connectivity index (χ1n) is 8.20. The molecule has 1 amide bonds. The molecule has 25 heavy (non-hydrogen) atoms. The van der Waals surface area contributed by atoms with Gasteiger partial charge in [0.15, 0.2) is 0 Å². The summed E-state index contributed by atoms with van der Waals surface area (Å²) in [5.74, 6) is -0.248. The minimum absolute atomic E-state index is 0.167. The predicted octanol–water partition coefficient (Wildman–Crippen LogP) is 3.10. The molecule has 0 bridgehead atoms. The number of aromatic nitrogens is 1. The van der Waals surface area contributed by atoms with E-state index in [2.05, 4.69) is 5.32 Å². The van der Waals surface area contributed by atoms with Crippen LogP contribution in [0.2, 0.25) is 0 Å². The van der Waals surface area contributed by atoms with E-state index in [1.54, 1.807) is 19.3 Å². The molecule has 4 nitrogen and oxygen atoms in total. The minimum atomic E-state index is -0.248. The number of nitrogens with one attached hydrogen (secondary N) is 1. The molecule has 0 aliphatic carbocycles. The summed E-state index contributed by atoms with van der Waals surface area (Å²) in [5.41, 5.74) is 2.34. The lowest BCUT2D eigenvalue weighted by atomic mass is 9.98. The van der Waals surface area contributed by atoms with Crippen LogP contribution in [0.4, 0.5) is 0 Å². The van der Waals surface area contributed by atoms with Crippen molar-refractivity contribution in [1.29, 1.82) is 0 Å².